The number of non-ortho nitro benzene ring substituents is 1. The van der Waals surface area contributed by atoms with Gasteiger partial charge in [-0.3, -0.25) is 20.0 Å². The molecule has 9 heteroatoms. The maximum atomic E-state index is 11.9. The Morgan fingerprint density at radius 2 is 2.16 bits per heavy atom. The van der Waals surface area contributed by atoms with E-state index in [1.807, 2.05) is 0 Å². The number of aromatic amines is 1. The normalized spacial score (nSPS) is 10.2. The summed E-state index contributed by atoms with van der Waals surface area (Å²) in [4.78, 5) is 22.0. The van der Waals surface area contributed by atoms with Crippen molar-refractivity contribution in [1.82, 2.24) is 10.2 Å². The van der Waals surface area contributed by atoms with Crippen LogP contribution in [0.25, 0.3) is 0 Å². The van der Waals surface area contributed by atoms with Gasteiger partial charge < -0.3 is 5.32 Å². The lowest BCUT2D eigenvalue weighted by Crippen LogP contribution is -2.12. The number of nitrogens with one attached hydrogen (secondary N) is 2. The molecule has 0 aliphatic rings. The lowest BCUT2D eigenvalue weighted by molar-refractivity contribution is -0.384. The van der Waals surface area contributed by atoms with Crippen LogP contribution in [0.4, 0.5) is 11.4 Å². The number of hydrogen-bond acceptors (Lipinski definition) is 4. The number of rotatable bonds is 3. The van der Waals surface area contributed by atoms with Gasteiger partial charge in [-0.05, 0) is 0 Å². The Bertz CT molecular complexity index is 642. The van der Waals surface area contributed by atoms with Crippen molar-refractivity contribution in [1.29, 1.82) is 0 Å². The van der Waals surface area contributed by atoms with E-state index in [-0.39, 0.29) is 21.3 Å². The van der Waals surface area contributed by atoms with Crippen molar-refractivity contribution < 1.29 is 9.72 Å². The monoisotopic (exact) mass is 300 g/mol. The fourth-order valence-corrected chi connectivity index (χ4v) is 1.77. The van der Waals surface area contributed by atoms with E-state index >= 15 is 0 Å². The highest BCUT2D eigenvalue weighted by Crippen LogP contribution is 2.31. The zero-order valence-corrected chi connectivity index (χ0v) is 10.7. The lowest BCUT2D eigenvalue weighted by Gasteiger charge is -2.06. The van der Waals surface area contributed by atoms with Gasteiger partial charge in [0.15, 0.2) is 0 Å². The van der Waals surface area contributed by atoms with Crippen LogP contribution < -0.4 is 5.32 Å². The Hall–Kier alpha value is -2.12. The summed E-state index contributed by atoms with van der Waals surface area (Å²) in [7, 11) is 0. The maximum absolute atomic E-state index is 11.9. The van der Waals surface area contributed by atoms with E-state index in [0.717, 1.165) is 12.1 Å². The van der Waals surface area contributed by atoms with Crippen molar-refractivity contribution in [3.05, 3.63) is 50.2 Å². The van der Waals surface area contributed by atoms with Gasteiger partial charge in [-0.15, -0.1) is 0 Å². The number of nitrogens with zero attached hydrogens (tertiary/aromatic N) is 2. The minimum atomic E-state index is -0.656. The number of anilines is 1. The topological polar surface area (TPSA) is 101 Å². The SMILES string of the molecule is O=C(Nc1cn[nH]c1)c1cc([N+](=O)[O-])cc(Cl)c1Cl. The van der Waals surface area contributed by atoms with Crippen molar-refractivity contribution in [2.24, 2.45) is 0 Å². The molecule has 0 saturated carbocycles. The second-order valence-corrected chi connectivity index (χ2v) is 4.27. The van der Waals surface area contributed by atoms with Crippen LogP contribution in [-0.2, 0) is 0 Å². The van der Waals surface area contributed by atoms with Crippen LogP contribution in [0.3, 0.4) is 0 Å². The summed E-state index contributed by atoms with van der Waals surface area (Å²) in [6, 6.07) is 2.14. The standard InChI is InChI=1S/C10H6Cl2N4O3/c11-8-2-6(16(18)19)1-7(9(8)12)10(17)15-5-3-13-14-4-5/h1-4H,(H,13,14)(H,15,17). The number of benzene rings is 1. The first-order valence-corrected chi connectivity index (χ1v) is 5.68. The molecule has 1 aromatic heterocycles. The summed E-state index contributed by atoms with van der Waals surface area (Å²) in [5, 5.41) is 19.2. The van der Waals surface area contributed by atoms with Crippen LogP contribution in [-0.4, -0.2) is 21.0 Å². The summed E-state index contributed by atoms with van der Waals surface area (Å²) < 4.78 is 0. The highest BCUT2D eigenvalue weighted by Gasteiger charge is 2.19. The van der Waals surface area contributed by atoms with Gasteiger partial charge in [0.2, 0.25) is 0 Å². The largest absolute Gasteiger partial charge is 0.319 e. The molecule has 0 spiro atoms. The molecule has 0 radical (unpaired) electrons. The van der Waals surface area contributed by atoms with Gasteiger partial charge in [0.05, 0.1) is 32.4 Å². The molecule has 0 fully saturated rings. The summed E-state index contributed by atoms with van der Waals surface area (Å²) in [5.41, 5.74) is 0.0116. The number of halogens is 2. The first-order valence-electron chi connectivity index (χ1n) is 4.92. The first-order chi connectivity index (χ1) is 8.99. The van der Waals surface area contributed by atoms with Crippen LogP contribution in [0.2, 0.25) is 10.0 Å². The molecule has 0 saturated heterocycles. The molecule has 19 heavy (non-hydrogen) atoms. The third-order valence-electron chi connectivity index (χ3n) is 2.22. The molecule has 0 bridgehead atoms. The van der Waals surface area contributed by atoms with Gasteiger partial charge in [0.1, 0.15) is 0 Å². The molecule has 98 valence electrons. The number of nitro groups is 1. The molecule has 0 atom stereocenters. The van der Waals surface area contributed by atoms with Gasteiger partial charge in [-0.25, -0.2) is 0 Å². The van der Waals surface area contributed by atoms with Crippen LogP contribution >= 0.6 is 23.2 Å². The van der Waals surface area contributed by atoms with E-state index in [9.17, 15) is 14.9 Å². The zero-order chi connectivity index (χ0) is 14.0. The number of nitro benzene ring substituents is 1. The molecule has 0 unspecified atom stereocenters. The van der Waals surface area contributed by atoms with Crippen molar-refractivity contribution in [3.8, 4) is 0 Å². The van der Waals surface area contributed by atoms with Crippen molar-refractivity contribution in [3.63, 3.8) is 0 Å². The Kier molecular flexibility index (Phi) is 3.68. The Morgan fingerprint density at radius 3 is 2.74 bits per heavy atom. The summed E-state index contributed by atoms with van der Waals surface area (Å²) in [6.07, 6.45) is 2.83. The lowest BCUT2D eigenvalue weighted by atomic mass is 10.2. The summed E-state index contributed by atoms with van der Waals surface area (Å²) in [6.45, 7) is 0. The van der Waals surface area contributed by atoms with E-state index < -0.39 is 10.8 Å². The van der Waals surface area contributed by atoms with Gasteiger partial charge in [-0.1, -0.05) is 23.2 Å². The van der Waals surface area contributed by atoms with Crippen LogP contribution in [0.1, 0.15) is 10.4 Å². The molecule has 2 rings (SSSR count). The number of carbonyl (C=O) groups is 1. The fourth-order valence-electron chi connectivity index (χ4n) is 1.36. The maximum Gasteiger partial charge on any atom is 0.271 e. The number of aromatic nitrogens is 2. The third kappa shape index (κ3) is 2.83. The van der Waals surface area contributed by atoms with E-state index in [4.69, 9.17) is 23.2 Å². The van der Waals surface area contributed by atoms with Crippen LogP contribution in [0, 0.1) is 10.1 Å². The molecule has 7 nitrogen and oxygen atoms in total. The molecule has 0 aliphatic carbocycles. The highest BCUT2D eigenvalue weighted by atomic mass is 35.5. The molecule has 0 aliphatic heterocycles. The molecule has 1 heterocycles. The zero-order valence-electron chi connectivity index (χ0n) is 9.18. The quantitative estimate of drug-likeness (QED) is 0.672. The van der Waals surface area contributed by atoms with Gasteiger partial charge in [0.25, 0.3) is 11.6 Å². The van der Waals surface area contributed by atoms with Crippen LogP contribution in [0.15, 0.2) is 24.5 Å². The molecule has 1 amide bonds. The minimum Gasteiger partial charge on any atom is -0.319 e. The second kappa shape index (κ2) is 5.25. The second-order valence-electron chi connectivity index (χ2n) is 3.49. The first kappa shape index (κ1) is 13.3. The molecule has 1 aromatic carbocycles. The van der Waals surface area contributed by atoms with E-state index in [1.54, 1.807) is 0 Å². The number of amides is 1. The van der Waals surface area contributed by atoms with Crippen molar-refractivity contribution in [2.75, 3.05) is 5.32 Å². The predicted octanol–water partition coefficient (Wildman–Crippen LogP) is 2.88. The number of H-pyrrole nitrogens is 1. The molecular formula is C10H6Cl2N4O3. The number of carbonyl (C=O) groups excluding carboxylic acids is 1. The van der Waals surface area contributed by atoms with Gasteiger partial charge in [-0.2, -0.15) is 5.10 Å². The van der Waals surface area contributed by atoms with E-state index in [1.165, 1.54) is 12.4 Å². The average Bonchev–Trinajstić information content (AvgIpc) is 2.84. The van der Waals surface area contributed by atoms with Crippen molar-refractivity contribution >= 4 is 40.5 Å². The van der Waals surface area contributed by atoms with Crippen molar-refractivity contribution in [2.45, 2.75) is 0 Å². The summed E-state index contributed by atoms with van der Waals surface area (Å²) >= 11 is 11.6. The molecular weight excluding hydrogens is 295 g/mol. The summed E-state index contributed by atoms with van der Waals surface area (Å²) in [5.74, 6) is -0.614. The highest BCUT2D eigenvalue weighted by molar-refractivity contribution is 6.44. The fraction of sp³-hybridized carbons (Fsp3) is 0. The predicted molar refractivity (Wildman–Crippen MR) is 69.7 cm³/mol. The van der Waals surface area contributed by atoms with E-state index in [0.29, 0.717) is 5.69 Å². The average molecular weight is 301 g/mol. The minimum absolute atomic E-state index is 0.0479. The molecule has 2 N–H and O–H groups in total. The third-order valence-corrected chi connectivity index (χ3v) is 3.03. The molecule has 2 aromatic rings. The Balaban J connectivity index is 2.38. The van der Waals surface area contributed by atoms with Crippen LogP contribution in [0.5, 0.6) is 0 Å². The van der Waals surface area contributed by atoms with E-state index in [2.05, 4.69) is 15.5 Å². The van der Waals surface area contributed by atoms with Gasteiger partial charge >= 0.3 is 0 Å². The Morgan fingerprint density at radius 1 is 1.42 bits per heavy atom. The Labute approximate surface area is 116 Å². The smallest absolute Gasteiger partial charge is 0.271 e. The number of hydrogen-bond donors (Lipinski definition) is 2. The van der Waals surface area contributed by atoms with Gasteiger partial charge in [0, 0.05) is 18.3 Å².